The number of hydrogen-bond acceptors (Lipinski definition) is 5. The van der Waals surface area contributed by atoms with Gasteiger partial charge in [-0.25, -0.2) is 9.97 Å². The molecule has 2 rings (SSSR count). The lowest BCUT2D eigenvalue weighted by atomic mass is 10.2. The van der Waals surface area contributed by atoms with Gasteiger partial charge < -0.3 is 11.1 Å². The SMILES string of the molecule is Cc1csc(C(C)NC(=O)c2cc(Cl)ncc2N)n1. The molecule has 0 saturated heterocycles. The van der Waals surface area contributed by atoms with Crippen molar-refractivity contribution in [2.75, 3.05) is 5.73 Å². The molecule has 0 aliphatic carbocycles. The third-order valence-electron chi connectivity index (χ3n) is 2.50. The minimum absolute atomic E-state index is 0.183. The first-order valence-corrected chi connectivity index (χ1v) is 6.87. The Morgan fingerprint density at radius 3 is 2.95 bits per heavy atom. The highest BCUT2D eigenvalue weighted by Gasteiger charge is 2.16. The number of halogens is 1. The molecule has 2 aromatic rings. The van der Waals surface area contributed by atoms with Crippen LogP contribution in [0.3, 0.4) is 0 Å². The van der Waals surface area contributed by atoms with E-state index in [1.54, 1.807) is 0 Å². The van der Waals surface area contributed by atoms with E-state index in [1.165, 1.54) is 23.6 Å². The van der Waals surface area contributed by atoms with Crippen molar-refractivity contribution in [1.29, 1.82) is 0 Å². The van der Waals surface area contributed by atoms with Crippen LogP contribution < -0.4 is 11.1 Å². The van der Waals surface area contributed by atoms with Crippen molar-refractivity contribution < 1.29 is 4.79 Å². The minimum Gasteiger partial charge on any atom is -0.397 e. The molecule has 7 heteroatoms. The summed E-state index contributed by atoms with van der Waals surface area (Å²) in [6.07, 6.45) is 1.37. The number of aryl methyl sites for hydroxylation is 1. The van der Waals surface area contributed by atoms with E-state index in [-0.39, 0.29) is 17.1 Å². The highest BCUT2D eigenvalue weighted by Crippen LogP contribution is 2.20. The van der Waals surface area contributed by atoms with Gasteiger partial charge in [-0.3, -0.25) is 4.79 Å². The molecule has 0 fully saturated rings. The van der Waals surface area contributed by atoms with E-state index in [0.29, 0.717) is 11.3 Å². The molecular weight excluding hydrogens is 284 g/mol. The molecule has 0 saturated carbocycles. The van der Waals surface area contributed by atoms with Gasteiger partial charge in [0.2, 0.25) is 0 Å². The van der Waals surface area contributed by atoms with Crippen LogP contribution in [0.25, 0.3) is 0 Å². The smallest absolute Gasteiger partial charge is 0.254 e. The first-order valence-electron chi connectivity index (χ1n) is 5.61. The summed E-state index contributed by atoms with van der Waals surface area (Å²) in [7, 11) is 0. The van der Waals surface area contributed by atoms with Crippen molar-refractivity contribution in [3.8, 4) is 0 Å². The number of nitrogens with one attached hydrogen (secondary N) is 1. The maximum atomic E-state index is 12.1. The van der Waals surface area contributed by atoms with Crippen LogP contribution in [0.1, 0.15) is 34.0 Å². The summed E-state index contributed by atoms with van der Waals surface area (Å²) in [4.78, 5) is 20.3. The zero-order valence-electron chi connectivity index (χ0n) is 10.5. The van der Waals surface area contributed by atoms with Crippen LogP contribution in [-0.4, -0.2) is 15.9 Å². The number of aromatic nitrogens is 2. The van der Waals surface area contributed by atoms with E-state index in [2.05, 4.69) is 15.3 Å². The molecule has 0 bridgehead atoms. The van der Waals surface area contributed by atoms with Crippen LogP contribution in [0, 0.1) is 6.92 Å². The molecule has 1 atom stereocenters. The average molecular weight is 297 g/mol. The van der Waals surface area contributed by atoms with Crippen molar-refractivity contribution >= 4 is 34.5 Å². The molecule has 0 aromatic carbocycles. The van der Waals surface area contributed by atoms with E-state index in [1.807, 2.05) is 19.2 Å². The number of carbonyl (C=O) groups excluding carboxylic acids is 1. The molecule has 2 heterocycles. The van der Waals surface area contributed by atoms with Gasteiger partial charge in [-0.15, -0.1) is 11.3 Å². The second kappa shape index (κ2) is 5.54. The van der Waals surface area contributed by atoms with Gasteiger partial charge in [-0.2, -0.15) is 0 Å². The summed E-state index contributed by atoms with van der Waals surface area (Å²) >= 11 is 7.27. The van der Waals surface area contributed by atoms with Crippen LogP contribution in [-0.2, 0) is 0 Å². The normalized spacial score (nSPS) is 12.2. The standard InChI is InChI=1S/C12H13ClN4OS/c1-6-5-19-12(16-6)7(2)17-11(18)8-3-10(13)15-4-9(8)14/h3-5,7H,14H2,1-2H3,(H,17,18). The summed E-state index contributed by atoms with van der Waals surface area (Å²) in [5.41, 5.74) is 7.27. The quantitative estimate of drug-likeness (QED) is 0.853. The predicted octanol–water partition coefficient (Wildman–Crippen LogP) is 2.57. The number of hydrogen-bond donors (Lipinski definition) is 2. The third kappa shape index (κ3) is 3.21. The zero-order chi connectivity index (χ0) is 14.0. The average Bonchev–Trinajstić information content (AvgIpc) is 2.79. The molecule has 2 aromatic heterocycles. The van der Waals surface area contributed by atoms with Crippen molar-refractivity contribution in [3.63, 3.8) is 0 Å². The van der Waals surface area contributed by atoms with E-state index in [9.17, 15) is 4.79 Å². The molecule has 5 nitrogen and oxygen atoms in total. The Morgan fingerprint density at radius 1 is 1.58 bits per heavy atom. The van der Waals surface area contributed by atoms with E-state index >= 15 is 0 Å². The Hall–Kier alpha value is -1.66. The van der Waals surface area contributed by atoms with Crippen molar-refractivity contribution in [3.05, 3.63) is 39.1 Å². The van der Waals surface area contributed by atoms with Crippen molar-refractivity contribution in [1.82, 2.24) is 15.3 Å². The summed E-state index contributed by atoms with van der Waals surface area (Å²) in [6.45, 7) is 3.78. The predicted molar refractivity (Wildman–Crippen MR) is 76.4 cm³/mol. The molecule has 0 radical (unpaired) electrons. The summed E-state index contributed by atoms with van der Waals surface area (Å²) in [5.74, 6) is -0.290. The lowest BCUT2D eigenvalue weighted by molar-refractivity contribution is 0.0940. The van der Waals surface area contributed by atoms with Crippen LogP contribution in [0.4, 0.5) is 5.69 Å². The Kier molecular flexibility index (Phi) is 4.01. The number of nitrogens with zero attached hydrogens (tertiary/aromatic N) is 2. The summed E-state index contributed by atoms with van der Waals surface area (Å²) in [5, 5.41) is 5.86. The minimum atomic E-state index is -0.290. The Labute approximate surface area is 119 Å². The number of rotatable bonds is 3. The van der Waals surface area contributed by atoms with Gasteiger partial charge in [-0.1, -0.05) is 11.6 Å². The fourth-order valence-corrected chi connectivity index (χ4v) is 2.51. The molecule has 0 spiro atoms. The topological polar surface area (TPSA) is 80.9 Å². The second-order valence-corrected chi connectivity index (χ2v) is 5.39. The molecule has 1 amide bonds. The largest absolute Gasteiger partial charge is 0.397 e. The number of nitrogens with two attached hydrogens (primary N) is 1. The summed E-state index contributed by atoms with van der Waals surface area (Å²) < 4.78 is 0. The van der Waals surface area contributed by atoms with Crippen LogP contribution in [0.2, 0.25) is 5.15 Å². The van der Waals surface area contributed by atoms with Gasteiger partial charge in [0.05, 0.1) is 23.5 Å². The number of amides is 1. The molecule has 0 aliphatic heterocycles. The zero-order valence-corrected chi connectivity index (χ0v) is 12.0. The lowest BCUT2D eigenvalue weighted by Gasteiger charge is -2.12. The molecule has 0 aliphatic rings. The number of pyridine rings is 1. The van der Waals surface area contributed by atoms with E-state index in [0.717, 1.165) is 10.7 Å². The van der Waals surface area contributed by atoms with Gasteiger partial charge in [0.1, 0.15) is 10.2 Å². The second-order valence-electron chi connectivity index (χ2n) is 4.12. The van der Waals surface area contributed by atoms with Crippen molar-refractivity contribution in [2.24, 2.45) is 0 Å². The lowest BCUT2D eigenvalue weighted by Crippen LogP contribution is -2.27. The molecule has 100 valence electrons. The van der Waals surface area contributed by atoms with Gasteiger partial charge in [0.25, 0.3) is 5.91 Å². The maximum Gasteiger partial charge on any atom is 0.254 e. The molecular formula is C12H13ClN4OS. The van der Waals surface area contributed by atoms with Gasteiger partial charge in [0.15, 0.2) is 0 Å². The van der Waals surface area contributed by atoms with Gasteiger partial charge in [-0.05, 0) is 19.9 Å². The Balaban J connectivity index is 2.15. The Bertz CT molecular complexity index is 614. The fraction of sp³-hybridized carbons (Fsp3) is 0.250. The monoisotopic (exact) mass is 296 g/mol. The number of thiazole rings is 1. The molecule has 1 unspecified atom stereocenters. The third-order valence-corrected chi connectivity index (χ3v) is 3.85. The fourth-order valence-electron chi connectivity index (χ4n) is 1.54. The molecule has 3 N–H and O–H groups in total. The van der Waals surface area contributed by atoms with Gasteiger partial charge >= 0.3 is 0 Å². The van der Waals surface area contributed by atoms with E-state index < -0.39 is 0 Å². The van der Waals surface area contributed by atoms with Crippen LogP contribution in [0.15, 0.2) is 17.6 Å². The first kappa shape index (κ1) is 13.8. The van der Waals surface area contributed by atoms with Crippen LogP contribution >= 0.6 is 22.9 Å². The van der Waals surface area contributed by atoms with Gasteiger partial charge in [0, 0.05) is 11.1 Å². The Morgan fingerprint density at radius 2 is 2.32 bits per heavy atom. The maximum absolute atomic E-state index is 12.1. The van der Waals surface area contributed by atoms with Crippen LogP contribution in [0.5, 0.6) is 0 Å². The summed E-state index contributed by atoms with van der Waals surface area (Å²) in [6, 6.07) is 1.27. The molecule has 19 heavy (non-hydrogen) atoms. The number of carbonyl (C=O) groups is 1. The van der Waals surface area contributed by atoms with Crippen molar-refractivity contribution in [2.45, 2.75) is 19.9 Å². The number of anilines is 1. The number of nitrogen functional groups attached to an aromatic ring is 1. The van der Waals surface area contributed by atoms with E-state index in [4.69, 9.17) is 17.3 Å². The highest BCUT2D eigenvalue weighted by molar-refractivity contribution is 7.09. The first-order chi connectivity index (χ1) is 8.97. The highest BCUT2D eigenvalue weighted by atomic mass is 35.5.